The number of aryl methyl sites for hydroxylation is 2. The number of fused-ring (bicyclic) bond motifs is 5. The fraction of sp³-hybridized carbons (Fsp3) is 0.333. The fourth-order valence-corrected chi connectivity index (χ4v) is 5.96. The molecule has 55 heavy (non-hydrogen) atoms. The molecule has 4 bridgehead atoms. The Bertz CT molecular complexity index is 1950. The summed E-state index contributed by atoms with van der Waals surface area (Å²) in [6.07, 6.45) is 0.988. The topological polar surface area (TPSA) is 228 Å². The van der Waals surface area contributed by atoms with Gasteiger partial charge in [0, 0.05) is 50.3 Å². The second kappa shape index (κ2) is 19.2. The highest BCUT2D eigenvalue weighted by Crippen LogP contribution is 2.40. The summed E-state index contributed by atoms with van der Waals surface area (Å²) in [7, 11) is 2.74. The highest BCUT2D eigenvalue weighted by molar-refractivity contribution is 5.99. The van der Waals surface area contributed by atoms with E-state index >= 15 is 0 Å². The quantitative estimate of drug-likeness (QED) is 0.110. The molecule has 0 spiro atoms. The van der Waals surface area contributed by atoms with Gasteiger partial charge in [-0.05, 0) is 66.9 Å². The molecule has 0 radical (unpaired) electrons. The Balaban J connectivity index is 1.80. The molecule has 4 rings (SSSR count). The van der Waals surface area contributed by atoms with Crippen molar-refractivity contribution in [3.8, 4) is 22.6 Å². The predicted molar refractivity (Wildman–Crippen MR) is 204 cm³/mol. The van der Waals surface area contributed by atoms with Crippen LogP contribution in [0.15, 0.2) is 67.3 Å². The van der Waals surface area contributed by atoms with Crippen LogP contribution in [-0.2, 0) is 30.4 Å². The molecule has 2 unspecified atom stereocenters. The number of rotatable bonds is 12. The molecule has 0 fully saturated rings. The zero-order valence-corrected chi connectivity index (χ0v) is 31.4. The first-order chi connectivity index (χ1) is 26.3. The van der Waals surface area contributed by atoms with Crippen molar-refractivity contribution in [3.05, 3.63) is 95.1 Å². The number of hydrazine groups is 1. The van der Waals surface area contributed by atoms with Gasteiger partial charge in [0.1, 0.15) is 36.8 Å². The molecular weight excluding hydrogens is 708 g/mol. The van der Waals surface area contributed by atoms with E-state index < -0.39 is 60.6 Å². The van der Waals surface area contributed by atoms with Crippen molar-refractivity contribution in [3.63, 3.8) is 0 Å². The maximum atomic E-state index is 14.0. The summed E-state index contributed by atoms with van der Waals surface area (Å²) in [5.41, 5.74) is 18.0. The van der Waals surface area contributed by atoms with Crippen LogP contribution in [-0.4, -0.2) is 105 Å². The average Bonchev–Trinajstić information content (AvgIpc) is 3.16. The summed E-state index contributed by atoms with van der Waals surface area (Å²) in [5, 5.41) is 8.79. The van der Waals surface area contributed by atoms with E-state index in [1.54, 1.807) is 55.5 Å². The average molecular weight is 757 g/mol. The Labute approximate surface area is 319 Å². The van der Waals surface area contributed by atoms with Crippen molar-refractivity contribution >= 4 is 35.4 Å². The van der Waals surface area contributed by atoms with Crippen molar-refractivity contribution in [1.29, 1.82) is 0 Å². The molecule has 16 heteroatoms. The molecule has 0 saturated carbocycles. The maximum Gasteiger partial charge on any atom is 0.264 e. The normalized spacial score (nSPS) is 15.3. The molecule has 2 atom stereocenters. The summed E-state index contributed by atoms with van der Waals surface area (Å²) in [6.45, 7) is 6.85. The van der Waals surface area contributed by atoms with E-state index in [1.807, 2.05) is 13.0 Å². The number of amides is 6. The third kappa shape index (κ3) is 10.7. The van der Waals surface area contributed by atoms with Gasteiger partial charge in [0.2, 0.25) is 17.7 Å². The van der Waals surface area contributed by atoms with Crippen LogP contribution >= 0.6 is 0 Å². The van der Waals surface area contributed by atoms with E-state index in [9.17, 15) is 28.8 Å². The smallest absolute Gasteiger partial charge is 0.264 e. The van der Waals surface area contributed by atoms with Gasteiger partial charge in [-0.25, -0.2) is 0 Å². The molecule has 1 aliphatic rings. The van der Waals surface area contributed by atoms with Crippen LogP contribution in [0.25, 0.3) is 11.1 Å². The number of ether oxygens (including phenoxy) is 2. The first-order valence-corrected chi connectivity index (χ1v) is 17.6. The van der Waals surface area contributed by atoms with Crippen molar-refractivity contribution in [1.82, 2.24) is 31.3 Å². The summed E-state index contributed by atoms with van der Waals surface area (Å²) >= 11 is 0. The maximum absolute atomic E-state index is 14.0. The number of carbonyl (C=O) groups excluding carboxylic acids is 6. The molecule has 0 saturated heterocycles. The Hall–Kier alpha value is -6.26. The molecule has 0 aromatic heterocycles. The summed E-state index contributed by atoms with van der Waals surface area (Å²) in [4.78, 5) is 80.8. The zero-order valence-electron chi connectivity index (χ0n) is 31.4. The van der Waals surface area contributed by atoms with Gasteiger partial charge in [-0.2, -0.15) is 0 Å². The largest absolute Gasteiger partial charge is 0.492 e. The molecule has 1 aliphatic heterocycles. The van der Waals surface area contributed by atoms with Gasteiger partial charge in [-0.1, -0.05) is 36.4 Å². The monoisotopic (exact) mass is 756 g/mol. The number of hydrogen-bond acceptors (Lipinski definition) is 10. The van der Waals surface area contributed by atoms with Crippen LogP contribution in [0.4, 0.5) is 0 Å². The Morgan fingerprint density at radius 3 is 2.22 bits per heavy atom. The molecule has 16 nitrogen and oxygen atoms in total. The van der Waals surface area contributed by atoms with Crippen LogP contribution < -0.4 is 42.3 Å². The highest BCUT2D eigenvalue weighted by atomic mass is 16.5. The van der Waals surface area contributed by atoms with Gasteiger partial charge < -0.3 is 41.8 Å². The van der Waals surface area contributed by atoms with Crippen LogP contribution in [0.1, 0.15) is 38.7 Å². The second-order valence-corrected chi connectivity index (χ2v) is 12.9. The molecular formula is C39H48N8O8. The second-order valence-electron chi connectivity index (χ2n) is 12.9. The molecule has 8 N–H and O–H groups in total. The van der Waals surface area contributed by atoms with E-state index in [0.717, 1.165) is 22.2 Å². The van der Waals surface area contributed by atoms with Gasteiger partial charge in [0.25, 0.3) is 17.7 Å². The first kappa shape index (κ1) is 41.5. The number of benzene rings is 3. The molecule has 3 aromatic rings. The lowest BCUT2D eigenvalue weighted by Gasteiger charge is -2.29. The number of nitrogens with one attached hydrogen (secondary N) is 4. The van der Waals surface area contributed by atoms with Gasteiger partial charge in [0.05, 0.1) is 13.1 Å². The predicted octanol–water partition coefficient (Wildman–Crippen LogP) is 0.408. The minimum Gasteiger partial charge on any atom is -0.492 e. The Morgan fingerprint density at radius 1 is 0.927 bits per heavy atom. The molecule has 1 heterocycles. The highest BCUT2D eigenvalue weighted by Gasteiger charge is 2.32. The summed E-state index contributed by atoms with van der Waals surface area (Å²) in [6, 6.07) is 12.9. The van der Waals surface area contributed by atoms with E-state index in [1.165, 1.54) is 19.0 Å². The minimum absolute atomic E-state index is 0.0296. The van der Waals surface area contributed by atoms with Crippen LogP contribution in [0.2, 0.25) is 0 Å². The van der Waals surface area contributed by atoms with Gasteiger partial charge >= 0.3 is 0 Å². The number of likely N-dealkylation sites (N-methyl/N-ethyl adjacent to an activating group) is 2. The lowest BCUT2D eigenvalue weighted by Crippen LogP contribution is -2.55. The zero-order chi connectivity index (χ0) is 40.2. The SMILES string of the molecule is C=CC(=O)N(C)NC(=O)C1Cc2ccc(OCCN)c(c2)-c2cc(ccc2OCCN)C(N(C)C(=O)CNC(=O)c2ccc(C)cc2C)C(=O)NCC(=O)N1. The minimum atomic E-state index is -1.31. The lowest BCUT2D eigenvalue weighted by molar-refractivity contribution is -0.139. The van der Waals surface area contributed by atoms with Crippen molar-refractivity contribution in [2.75, 3.05) is 53.5 Å². The molecule has 3 aromatic carbocycles. The number of nitrogens with zero attached hydrogens (tertiary/aromatic N) is 2. The van der Waals surface area contributed by atoms with E-state index in [2.05, 4.69) is 28.0 Å². The molecule has 292 valence electrons. The third-order valence-electron chi connectivity index (χ3n) is 8.76. The fourth-order valence-electron chi connectivity index (χ4n) is 5.96. The van der Waals surface area contributed by atoms with Crippen LogP contribution in [0, 0.1) is 13.8 Å². The third-order valence-corrected chi connectivity index (χ3v) is 8.76. The first-order valence-electron chi connectivity index (χ1n) is 17.6. The van der Waals surface area contributed by atoms with Crippen LogP contribution in [0.3, 0.4) is 0 Å². The summed E-state index contributed by atoms with van der Waals surface area (Å²) < 4.78 is 12.1. The number of hydrogen-bond donors (Lipinski definition) is 6. The van der Waals surface area contributed by atoms with Crippen LogP contribution in [0.5, 0.6) is 11.5 Å². The van der Waals surface area contributed by atoms with Gasteiger partial charge in [-0.3, -0.25) is 39.2 Å². The lowest BCUT2D eigenvalue weighted by atomic mass is 9.94. The van der Waals surface area contributed by atoms with Crippen molar-refractivity contribution in [2.45, 2.75) is 32.4 Å². The molecule has 6 amide bonds. The number of nitrogens with two attached hydrogens (primary N) is 2. The van der Waals surface area contributed by atoms with Gasteiger partial charge in [0.15, 0.2) is 0 Å². The number of carbonyl (C=O) groups is 6. The van der Waals surface area contributed by atoms with E-state index in [4.69, 9.17) is 20.9 Å². The Kier molecular flexibility index (Phi) is 14.5. The van der Waals surface area contributed by atoms with Crippen molar-refractivity contribution < 1.29 is 38.2 Å². The van der Waals surface area contributed by atoms with E-state index in [0.29, 0.717) is 39.3 Å². The van der Waals surface area contributed by atoms with E-state index in [-0.39, 0.29) is 32.7 Å². The Morgan fingerprint density at radius 2 is 1.58 bits per heavy atom. The van der Waals surface area contributed by atoms with Crippen molar-refractivity contribution in [2.24, 2.45) is 11.5 Å². The standard InChI is InChI=1S/C39H48N8O8/c1-6-34(49)47(5)45-38(52)30-19-25-8-11-31(54-15-13-40)28(18-25)29-20-26(9-12-32(29)55-16-14-41)36(39(53)42-21-33(48)44-30)46(4)35(50)22-43-37(51)27-10-7-23(2)17-24(27)3/h6-12,17-18,20,30,36H,1,13-16,19,21-22,40-41H2,2-5H3,(H,42,53)(H,43,51)(H,44,48)(H,45,52). The van der Waals surface area contributed by atoms with Gasteiger partial charge in [-0.15, -0.1) is 0 Å². The summed E-state index contributed by atoms with van der Waals surface area (Å²) in [5.74, 6) is -3.02. The molecule has 0 aliphatic carbocycles.